The average Bonchev–Trinajstić information content (AvgIpc) is 2.44. The minimum atomic E-state index is -4.33. The molecule has 0 saturated heterocycles. The highest BCUT2D eigenvalue weighted by molar-refractivity contribution is 4.80. The second-order valence-corrected chi connectivity index (χ2v) is 2.52. The van der Waals surface area contributed by atoms with Gasteiger partial charge in [-0.3, -0.25) is 9.52 Å². The number of rotatable bonds is 4. The number of nitrogens with zero attached hydrogens (tertiary/aromatic N) is 3. The van der Waals surface area contributed by atoms with Crippen LogP contribution < -0.4 is 5.48 Å². The third kappa shape index (κ3) is 3.71. The zero-order valence-electron chi connectivity index (χ0n) is 7.38. The van der Waals surface area contributed by atoms with E-state index in [1.165, 1.54) is 11.0 Å². The van der Waals surface area contributed by atoms with Crippen LogP contribution in [0.25, 0.3) is 0 Å². The fourth-order valence-electron chi connectivity index (χ4n) is 0.729. The highest BCUT2D eigenvalue weighted by Crippen LogP contribution is 2.13. The number of hydroxylamine groups is 1. The number of hydrogen-bond acceptors (Lipinski definition) is 4. The number of alkyl halides is 3. The summed E-state index contributed by atoms with van der Waals surface area (Å²) >= 11 is 0. The molecule has 0 aliphatic carbocycles. The molecule has 5 nitrogen and oxygen atoms in total. The average molecular weight is 210 g/mol. The Kier molecular flexibility index (Phi) is 3.42. The van der Waals surface area contributed by atoms with Crippen molar-refractivity contribution in [2.45, 2.75) is 12.7 Å². The lowest BCUT2D eigenvalue weighted by Crippen LogP contribution is -2.25. The van der Waals surface area contributed by atoms with Gasteiger partial charge in [-0.1, -0.05) is 0 Å². The van der Waals surface area contributed by atoms with E-state index in [2.05, 4.69) is 20.4 Å². The van der Waals surface area contributed by atoms with Crippen LogP contribution in [0.15, 0.2) is 6.33 Å². The molecular weight excluding hydrogens is 201 g/mol. The Morgan fingerprint density at radius 2 is 2.29 bits per heavy atom. The highest BCUT2D eigenvalue weighted by atomic mass is 19.4. The number of aromatic nitrogens is 3. The fourth-order valence-corrected chi connectivity index (χ4v) is 0.729. The Bertz CT molecular complexity index is 285. The molecule has 0 amide bonds. The number of aryl methyl sites for hydroxylation is 1. The molecule has 80 valence electrons. The van der Waals surface area contributed by atoms with Crippen molar-refractivity contribution in [3.63, 3.8) is 0 Å². The topological polar surface area (TPSA) is 52.0 Å². The molecular formula is C6H9F3N4O. The van der Waals surface area contributed by atoms with E-state index in [-0.39, 0.29) is 6.54 Å². The molecule has 0 aliphatic rings. The van der Waals surface area contributed by atoms with Gasteiger partial charge < -0.3 is 0 Å². The van der Waals surface area contributed by atoms with Crippen molar-refractivity contribution in [3.05, 3.63) is 12.2 Å². The van der Waals surface area contributed by atoms with Crippen LogP contribution in [0.4, 0.5) is 13.2 Å². The molecule has 1 N–H and O–H groups in total. The molecule has 14 heavy (non-hydrogen) atoms. The SMILES string of the molecule is Cn1ncnc1CNOCC(F)(F)F. The van der Waals surface area contributed by atoms with Crippen molar-refractivity contribution in [1.82, 2.24) is 20.2 Å². The minimum Gasteiger partial charge on any atom is -0.292 e. The normalized spacial score (nSPS) is 12.0. The molecule has 0 spiro atoms. The fraction of sp³-hybridized carbons (Fsp3) is 0.667. The van der Waals surface area contributed by atoms with E-state index in [1.54, 1.807) is 7.05 Å². The van der Waals surface area contributed by atoms with Crippen LogP contribution >= 0.6 is 0 Å². The molecule has 0 fully saturated rings. The van der Waals surface area contributed by atoms with Crippen LogP contribution in [0.5, 0.6) is 0 Å². The maximum atomic E-state index is 11.6. The molecule has 0 aromatic carbocycles. The Hall–Kier alpha value is -1.15. The predicted octanol–water partition coefficient (Wildman–Crippen LogP) is 0.399. The predicted molar refractivity (Wildman–Crippen MR) is 39.8 cm³/mol. The molecule has 8 heteroatoms. The number of hydrogen-bond donors (Lipinski definition) is 1. The quantitative estimate of drug-likeness (QED) is 0.577. The second kappa shape index (κ2) is 4.38. The summed E-state index contributed by atoms with van der Waals surface area (Å²) < 4.78 is 36.2. The third-order valence-corrected chi connectivity index (χ3v) is 1.37. The Morgan fingerprint density at radius 1 is 1.57 bits per heavy atom. The van der Waals surface area contributed by atoms with E-state index >= 15 is 0 Å². The van der Waals surface area contributed by atoms with Gasteiger partial charge >= 0.3 is 6.18 Å². The summed E-state index contributed by atoms with van der Waals surface area (Å²) in [6.07, 6.45) is -3.02. The van der Waals surface area contributed by atoms with E-state index in [0.29, 0.717) is 5.82 Å². The Labute approximate surface area is 77.8 Å². The lowest BCUT2D eigenvalue weighted by Gasteiger charge is -2.07. The van der Waals surface area contributed by atoms with E-state index in [9.17, 15) is 13.2 Å². The molecule has 1 aromatic rings. The molecule has 1 heterocycles. The van der Waals surface area contributed by atoms with Gasteiger partial charge in [0, 0.05) is 7.05 Å². The van der Waals surface area contributed by atoms with E-state index < -0.39 is 12.8 Å². The van der Waals surface area contributed by atoms with Gasteiger partial charge in [-0.25, -0.2) is 4.98 Å². The van der Waals surface area contributed by atoms with Crippen molar-refractivity contribution in [2.24, 2.45) is 7.05 Å². The molecule has 1 rings (SSSR count). The lowest BCUT2D eigenvalue weighted by atomic mass is 10.6. The van der Waals surface area contributed by atoms with Gasteiger partial charge in [-0.15, -0.1) is 0 Å². The van der Waals surface area contributed by atoms with Crippen LogP contribution in [0, 0.1) is 0 Å². The van der Waals surface area contributed by atoms with Gasteiger partial charge in [0.25, 0.3) is 0 Å². The van der Waals surface area contributed by atoms with Gasteiger partial charge in [0.1, 0.15) is 12.2 Å². The molecule has 0 atom stereocenters. The zero-order chi connectivity index (χ0) is 10.6. The van der Waals surface area contributed by atoms with Gasteiger partial charge in [0.05, 0.1) is 6.54 Å². The minimum absolute atomic E-state index is 0.0760. The van der Waals surface area contributed by atoms with Crippen LogP contribution in [-0.2, 0) is 18.4 Å². The molecule has 0 aliphatic heterocycles. The van der Waals surface area contributed by atoms with Gasteiger partial charge in [-0.2, -0.15) is 23.8 Å². The summed E-state index contributed by atoms with van der Waals surface area (Å²) in [5.74, 6) is 0.493. The van der Waals surface area contributed by atoms with Crippen LogP contribution in [0.1, 0.15) is 5.82 Å². The van der Waals surface area contributed by atoms with Crippen molar-refractivity contribution in [3.8, 4) is 0 Å². The monoisotopic (exact) mass is 210 g/mol. The summed E-state index contributed by atoms with van der Waals surface area (Å²) in [6.45, 7) is -1.25. The van der Waals surface area contributed by atoms with Crippen molar-refractivity contribution in [2.75, 3.05) is 6.61 Å². The maximum absolute atomic E-state index is 11.6. The first-order valence-corrected chi connectivity index (χ1v) is 3.73. The first-order chi connectivity index (χ1) is 6.49. The van der Waals surface area contributed by atoms with Crippen molar-refractivity contribution >= 4 is 0 Å². The smallest absolute Gasteiger partial charge is 0.292 e. The van der Waals surface area contributed by atoms with Gasteiger partial charge in [0.15, 0.2) is 6.61 Å². The zero-order valence-corrected chi connectivity index (χ0v) is 7.38. The molecule has 1 aromatic heterocycles. The van der Waals surface area contributed by atoms with Gasteiger partial charge in [0.2, 0.25) is 0 Å². The maximum Gasteiger partial charge on any atom is 0.413 e. The third-order valence-electron chi connectivity index (χ3n) is 1.37. The van der Waals surface area contributed by atoms with E-state index in [1.807, 2.05) is 0 Å². The van der Waals surface area contributed by atoms with Gasteiger partial charge in [-0.05, 0) is 0 Å². The van der Waals surface area contributed by atoms with Crippen LogP contribution in [-0.4, -0.2) is 27.5 Å². The summed E-state index contributed by atoms with van der Waals surface area (Å²) in [7, 11) is 1.63. The van der Waals surface area contributed by atoms with E-state index in [4.69, 9.17) is 0 Å². The lowest BCUT2D eigenvalue weighted by molar-refractivity contribution is -0.190. The second-order valence-electron chi connectivity index (χ2n) is 2.52. The van der Waals surface area contributed by atoms with Crippen LogP contribution in [0.2, 0.25) is 0 Å². The molecule has 0 radical (unpaired) electrons. The summed E-state index contributed by atoms with van der Waals surface area (Å²) in [5, 5.41) is 3.73. The first-order valence-electron chi connectivity index (χ1n) is 3.73. The Balaban J connectivity index is 2.20. The summed E-state index contributed by atoms with van der Waals surface area (Å²) in [6, 6.07) is 0. The van der Waals surface area contributed by atoms with Crippen LogP contribution in [0.3, 0.4) is 0 Å². The molecule has 0 unspecified atom stereocenters. The molecule has 0 saturated carbocycles. The standard InChI is InChI=1S/C6H9F3N4O/c1-13-5(10-4-11-13)2-12-14-3-6(7,8)9/h4,12H,2-3H2,1H3. The largest absolute Gasteiger partial charge is 0.413 e. The first kappa shape index (κ1) is 10.9. The van der Waals surface area contributed by atoms with Crippen molar-refractivity contribution < 1.29 is 18.0 Å². The number of nitrogens with one attached hydrogen (secondary N) is 1. The van der Waals surface area contributed by atoms with Crippen molar-refractivity contribution in [1.29, 1.82) is 0 Å². The molecule has 0 bridgehead atoms. The highest BCUT2D eigenvalue weighted by Gasteiger charge is 2.27. The number of halogens is 3. The Morgan fingerprint density at radius 3 is 2.79 bits per heavy atom. The summed E-state index contributed by atoms with van der Waals surface area (Å²) in [5.41, 5.74) is 2.14. The summed E-state index contributed by atoms with van der Waals surface area (Å²) in [4.78, 5) is 7.95. The van der Waals surface area contributed by atoms with E-state index in [0.717, 1.165) is 0 Å².